The topological polar surface area (TPSA) is 72.0 Å². The first-order valence-corrected chi connectivity index (χ1v) is 12.5. The Morgan fingerprint density at radius 3 is 2.53 bits per heavy atom. The average Bonchev–Trinajstić information content (AvgIpc) is 3.50. The first-order valence-electron chi connectivity index (χ1n) is 12.5. The number of halogens is 2. The van der Waals surface area contributed by atoms with Crippen molar-refractivity contribution in [1.82, 2.24) is 24.5 Å². The van der Waals surface area contributed by atoms with Crippen LogP contribution in [-0.4, -0.2) is 42.7 Å². The lowest BCUT2D eigenvalue weighted by molar-refractivity contribution is -0.0354. The van der Waals surface area contributed by atoms with Crippen LogP contribution in [0, 0.1) is 17.6 Å². The largest absolute Gasteiger partial charge is 0.381 e. The highest BCUT2D eigenvalue weighted by atomic mass is 19.1. The molecule has 0 aliphatic heterocycles. The molecule has 2 aromatic heterocycles. The number of aliphatic hydroxyl groups is 1. The highest BCUT2D eigenvalue weighted by Crippen LogP contribution is 2.38. The SMILES string of the molecule is CCCN(CCC(C)C)c1ccc2c(cnn2[C@H](C)[C@](O)(Cn2cncn2)c2ccc(F)cc2F)c1. The molecule has 0 aliphatic rings. The number of aromatic nitrogens is 5. The second-order valence-corrected chi connectivity index (χ2v) is 9.82. The first-order chi connectivity index (χ1) is 17.2. The molecule has 0 aliphatic carbocycles. The van der Waals surface area contributed by atoms with E-state index in [1.165, 1.54) is 23.4 Å². The van der Waals surface area contributed by atoms with E-state index < -0.39 is 23.3 Å². The van der Waals surface area contributed by atoms with E-state index in [2.05, 4.69) is 53.0 Å². The summed E-state index contributed by atoms with van der Waals surface area (Å²) < 4.78 is 31.8. The Kier molecular flexibility index (Phi) is 7.68. The summed E-state index contributed by atoms with van der Waals surface area (Å²) in [6, 6.07) is 8.65. The Hall–Kier alpha value is -3.33. The monoisotopic (exact) mass is 496 g/mol. The zero-order chi connectivity index (χ0) is 25.9. The van der Waals surface area contributed by atoms with E-state index in [0.717, 1.165) is 54.7 Å². The maximum absolute atomic E-state index is 15.0. The third-order valence-corrected chi connectivity index (χ3v) is 6.74. The summed E-state index contributed by atoms with van der Waals surface area (Å²) in [4.78, 5) is 6.32. The number of nitrogens with zero attached hydrogens (tertiary/aromatic N) is 6. The van der Waals surface area contributed by atoms with Gasteiger partial charge in [0, 0.05) is 35.8 Å². The molecule has 0 saturated heterocycles. The van der Waals surface area contributed by atoms with Crippen LogP contribution in [0.5, 0.6) is 0 Å². The molecule has 4 aromatic rings. The van der Waals surface area contributed by atoms with Gasteiger partial charge in [0.2, 0.25) is 0 Å². The van der Waals surface area contributed by atoms with E-state index in [0.29, 0.717) is 5.92 Å². The van der Waals surface area contributed by atoms with Crippen LogP contribution >= 0.6 is 0 Å². The van der Waals surface area contributed by atoms with Crippen molar-refractivity contribution in [3.63, 3.8) is 0 Å². The Morgan fingerprint density at radius 1 is 1.06 bits per heavy atom. The molecule has 1 N–H and O–H groups in total. The second kappa shape index (κ2) is 10.7. The summed E-state index contributed by atoms with van der Waals surface area (Å²) in [5.74, 6) is -0.923. The average molecular weight is 497 g/mol. The van der Waals surface area contributed by atoms with Crippen molar-refractivity contribution in [2.24, 2.45) is 5.92 Å². The smallest absolute Gasteiger partial charge is 0.137 e. The van der Waals surface area contributed by atoms with Gasteiger partial charge in [-0.15, -0.1) is 0 Å². The van der Waals surface area contributed by atoms with Gasteiger partial charge < -0.3 is 10.0 Å². The van der Waals surface area contributed by atoms with Crippen molar-refractivity contribution in [3.8, 4) is 0 Å². The van der Waals surface area contributed by atoms with Crippen molar-refractivity contribution >= 4 is 16.6 Å². The van der Waals surface area contributed by atoms with Crippen LogP contribution in [0.25, 0.3) is 10.9 Å². The lowest BCUT2D eigenvalue weighted by Crippen LogP contribution is -2.41. The van der Waals surface area contributed by atoms with Gasteiger partial charge in [-0.1, -0.05) is 26.8 Å². The van der Waals surface area contributed by atoms with Crippen LogP contribution in [0.1, 0.15) is 52.1 Å². The number of benzene rings is 2. The molecule has 7 nitrogen and oxygen atoms in total. The van der Waals surface area contributed by atoms with Crippen LogP contribution < -0.4 is 4.90 Å². The molecule has 2 aromatic carbocycles. The fourth-order valence-corrected chi connectivity index (χ4v) is 4.65. The highest BCUT2D eigenvalue weighted by Gasteiger charge is 2.41. The summed E-state index contributed by atoms with van der Waals surface area (Å²) >= 11 is 0. The minimum absolute atomic E-state index is 0.0324. The maximum Gasteiger partial charge on any atom is 0.137 e. The van der Waals surface area contributed by atoms with Crippen molar-refractivity contribution in [2.45, 2.75) is 58.7 Å². The molecule has 4 rings (SSSR count). The molecule has 0 amide bonds. The summed E-state index contributed by atoms with van der Waals surface area (Å²) in [5, 5.41) is 21.5. The fourth-order valence-electron chi connectivity index (χ4n) is 4.65. The van der Waals surface area contributed by atoms with Crippen molar-refractivity contribution in [2.75, 3.05) is 18.0 Å². The normalized spacial score (nSPS) is 14.3. The zero-order valence-electron chi connectivity index (χ0n) is 21.3. The van der Waals surface area contributed by atoms with E-state index >= 15 is 0 Å². The summed E-state index contributed by atoms with van der Waals surface area (Å²) in [7, 11) is 0. The van der Waals surface area contributed by atoms with Crippen molar-refractivity contribution < 1.29 is 13.9 Å². The zero-order valence-corrected chi connectivity index (χ0v) is 21.3. The highest BCUT2D eigenvalue weighted by molar-refractivity contribution is 5.83. The van der Waals surface area contributed by atoms with Gasteiger partial charge in [0.1, 0.15) is 29.9 Å². The van der Waals surface area contributed by atoms with Gasteiger partial charge in [-0.05, 0) is 49.9 Å². The van der Waals surface area contributed by atoms with E-state index in [9.17, 15) is 13.9 Å². The molecule has 0 unspecified atom stereocenters. The fraction of sp³-hybridized carbons (Fsp3) is 0.444. The first kappa shape index (κ1) is 25.8. The van der Waals surface area contributed by atoms with Crippen LogP contribution in [-0.2, 0) is 12.1 Å². The number of hydrogen-bond acceptors (Lipinski definition) is 5. The molecule has 0 radical (unpaired) electrons. The third kappa shape index (κ3) is 5.26. The van der Waals surface area contributed by atoms with Gasteiger partial charge in [0.05, 0.1) is 24.3 Å². The molecule has 2 atom stereocenters. The molecule has 0 fully saturated rings. The van der Waals surface area contributed by atoms with E-state index in [4.69, 9.17) is 0 Å². The van der Waals surface area contributed by atoms with E-state index in [1.54, 1.807) is 17.8 Å². The third-order valence-electron chi connectivity index (χ3n) is 6.74. The van der Waals surface area contributed by atoms with Crippen LogP contribution in [0.3, 0.4) is 0 Å². The predicted molar refractivity (Wildman–Crippen MR) is 137 cm³/mol. The number of fused-ring (bicyclic) bond motifs is 1. The molecule has 192 valence electrons. The lowest BCUT2D eigenvalue weighted by Gasteiger charge is -2.35. The van der Waals surface area contributed by atoms with E-state index in [1.807, 2.05) is 6.07 Å². The molecular formula is C27H34F2N6O. The van der Waals surface area contributed by atoms with Gasteiger partial charge in [-0.3, -0.25) is 4.68 Å². The Morgan fingerprint density at radius 2 is 1.86 bits per heavy atom. The quantitative estimate of drug-likeness (QED) is 0.304. The molecule has 0 saturated carbocycles. The van der Waals surface area contributed by atoms with Crippen molar-refractivity contribution in [3.05, 3.63) is 72.4 Å². The molecule has 2 heterocycles. The van der Waals surface area contributed by atoms with Gasteiger partial charge in [-0.2, -0.15) is 10.2 Å². The van der Waals surface area contributed by atoms with Gasteiger partial charge in [-0.25, -0.2) is 18.4 Å². The second-order valence-electron chi connectivity index (χ2n) is 9.82. The molecule has 0 spiro atoms. The number of rotatable bonds is 11. The maximum atomic E-state index is 15.0. The van der Waals surface area contributed by atoms with Crippen LogP contribution in [0.2, 0.25) is 0 Å². The summed E-state index contributed by atoms with van der Waals surface area (Å²) in [5.41, 5.74) is 0.120. The van der Waals surface area contributed by atoms with Gasteiger partial charge >= 0.3 is 0 Å². The van der Waals surface area contributed by atoms with Gasteiger partial charge in [0.25, 0.3) is 0 Å². The molecule has 0 bridgehead atoms. The van der Waals surface area contributed by atoms with Gasteiger partial charge in [0.15, 0.2) is 0 Å². The Labute approximate surface area is 210 Å². The Bertz CT molecular complexity index is 1290. The lowest BCUT2D eigenvalue weighted by atomic mass is 9.86. The summed E-state index contributed by atoms with van der Waals surface area (Å²) in [6.45, 7) is 10.2. The number of hydrogen-bond donors (Lipinski definition) is 1. The molecule has 36 heavy (non-hydrogen) atoms. The molecule has 9 heteroatoms. The summed E-state index contributed by atoms with van der Waals surface area (Å²) in [6.07, 6.45) is 6.71. The standard InChI is InChI=1S/C27H34F2N6O/c1-5-11-33(12-10-19(2)3)23-7-9-26-21(13-23)15-31-35(26)20(4)27(36,16-34-18-30-17-32-34)24-8-6-22(28)14-25(24)29/h6-9,13-15,17-20,36H,5,10-12,16H2,1-4H3/t20-,27-/m1/s1. The van der Waals surface area contributed by atoms with Crippen molar-refractivity contribution in [1.29, 1.82) is 0 Å². The van der Waals surface area contributed by atoms with E-state index in [-0.39, 0.29) is 12.1 Å². The van der Waals surface area contributed by atoms with Crippen LogP contribution in [0.4, 0.5) is 14.5 Å². The van der Waals surface area contributed by atoms with Crippen LogP contribution in [0.15, 0.2) is 55.2 Å². The minimum atomic E-state index is -1.78. The Balaban J connectivity index is 1.73. The molecular weight excluding hydrogens is 462 g/mol. The predicted octanol–water partition coefficient (Wildman–Crippen LogP) is 5.32. The minimum Gasteiger partial charge on any atom is -0.381 e. The number of anilines is 1.